The Kier molecular flexibility index (Phi) is 4.84. The first kappa shape index (κ1) is 16.0. The van der Waals surface area contributed by atoms with Gasteiger partial charge in [-0.15, -0.1) is 0 Å². The van der Waals surface area contributed by atoms with Crippen molar-refractivity contribution in [2.75, 3.05) is 50.7 Å². The van der Waals surface area contributed by atoms with Gasteiger partial charge < -0.3 is 9.80 Å². The summed E-state index contributed by atoms with van der Waals surface area (Å²) >= 11 is 3.44. The maximum absolute atomic E-state index is 12.0. The van der Waals surface area contributed by atoms with Crippen LogP contribution in [0.5, 0.6) is 0 Å². The molecule has 2 aliphatic rings. The average Bonchev–Trinajstić information content (AvgIpc) is 3.02. The molecule has 0 aliphatic carbocycles. The molecule has 0 spiro atoms. The molecule has 1 aromatic heterocycles. The Morgan fingerprint density at radius 3 is 2.68 bits per heavy atom. The number of anilines is 1. The molecule has 0 N–H and O–H groups in total. The Labute approximate surface area is 139 Å². The van der Waals surface area contributed by atoms with Gasteiger partial charge in [-0.05, 0) is 28.9 Å². The van der Waals surface area contributed by atoms with E-state index in [2.05, 4.69) is 42.7 Å². The van der Waals surface area contributed by atoms with Gasteiger partial charge in [-0.1, -0.05) is 6.92 Å². The third-order valence-corrected chi connectivity index (χ3v) is 5.68. The zero-order valence-electron chi connectivity index (χ0n) is 13.3. The maximum atomic E-state index is 12.0. The number of aryl methyl sites for hydroxylation is 1. The predicted octanol–water partition coefficient (Wildman–Crippen LogP) is 0.759. The predicted molar refractivity (Wildman–Crippen MR) is 91.5 cm³/mol. The second kappa shape index (κ2) is 6.68. The van der Waals surface area contributed by atoms with Crippen molar-refractivity contribution in [1.29, 1.82) is 0 Å². The van der Waals surface area contributed by atoms with E-state index < -0.39 is 0 Å². The normalized spacial score (nSPS) is 24.1. The van der Waals surface area contributed by atoms with Gasteiger partial charge in [-0.25, -0.2) is 4.68 Å². The molecule has 0 saturated carbocycles. The van der Waals surface area contributed by atoms with Crippen LogP contribution in [0.3, 0.4) is 0 Å². The highest BCUT2D eigenvalue weighted by Gasteiger charge is 2.31. The van der Waals surface area contributed by atoms with Crippen molar-refractivity contribution in [1.82, 2.24) is 19.6 Å². The molecule has 0 aromatic carbocycles. The van der Waals surface area contributed by atoms with Crippen LogP contribution in [0.1, 0.15) is 13.3 Å². The molecule has 0 radical (unpaired) electrons. The number of hydrogen-bond donors (Lipinski definition) is 0. The average molecular weight is 370 g/mol. The van der Waals surface area contributed by atoms with E-state index in [9.17, 15) is 4.79 Å². The summed E-state index contributed by atoms with van der Waals surface area (Å²) in [6, 6.07) is 0.593. The summed E-state index contributed by atoms with van der Waals surface area (Å²) in [6.45, 7) is 10.0. The van der Waals surface area contributed by atoms with Crippen molar-refractivity contribution in [3.63, 3.8) is 0 Å². The smallest absolute Gasteiger partial charge is 0.282 e. The minimum Gasteiger partial charge on any atom is -0.368 e. The van der Waals surface area contributed by atoms with Crippen molar-refractivity contribution in [3.8, 4) is 0 Å². The van der Waals surface area contributed by atoms with Gasteiger partial charge in [0.25, 0.3) is 5.56 Å². The Balaban J connectivity index is 1.66. The van der Waals surface area contributed by atoms with Gasteiger partial charge in [0, 0.05) is 52.4 Å². The second-order valence-electron chi connectivity index (χ2n) is 6.13. The summed E-state index contributed by atoms with van der Waals surface area (Å²) in [6.07, 6.45) is 2.96. The first-order valence-electron chi connectivity index (χ1n) is 8.03. The molecule has 2 aliphatic heterocycles. The number of likely N-dealkylation sites (N-methyl/N-ethyl adjacent to an activating group) is 1. The Bertz CT molecular complexity index is 582. The number of aromatic nitrogens is 2. The summed E-state index contributed by atoms with van der Waals surface area (Å²) in [5.41, 5.74) is 0.857. The summed E-state index contributed by atoms with van der Waals surface area (Å²) in [5.74, 6) is 0. The monoisotopic (exact) mass is 369 g/mol. The molecular formula is C15H24BrN5O. The fourth-order valence-corrected chi connectivity index (χ4v) is 4.04. The lowest BCUT2D eigenvalue weighted by molar-refractivity contribution is 0.107. The first-order chi connectivity index (χ1) is 10.6. The summed E-state index contributed by atoms with van der Waals surface area (Å²) in [7, 11) is 1.68. The Hall–Kier alpha value is -0.920. The minimum atomic E-state index is -0.0717. The molecule has 122 valence electrons. The van der Waals surface area contributed by atoms with Crippen LogP contribution in [-0.4, -0.2) is 71.4 Å². The van der Waals surface area contributed by atoms with E-state index in [1.807, 2.05) is 0 Å². The standard InChI is InChI=1S/C15H24BrN5O/c1-3-19-6-8-20(9-7-19)12-4-5-21(11-12)13-10-17-18(2)15(22)14(13)16/h10,12H,3-9,11H2,1-2H3. The van der Waals surface area contributed by atoms with E-state index >= 15 is 0 Å². The maximum Gasteiger partial charge on any atom is 0.282 e. The van der Waals surface area contributed by atoms with E-state index in [4.69, 9.17) is 0 Å². The largest absolute Gasteiger partial charge is 0.368 e. The molecular weight excluding hydrogens is 346 g/mol. The lowest BCUT2D eigenvalue weighted by Crippen LogP contribution is -2.50. The number of halogens is 1. The molecule has 3 rings (SSSR count). The van der Waals surface area contributed by atoms with Crippen molar-refractivity contribution in [2.24, 2.45) is 7.05 Å². The van der Waals surface area contributed by atoms with Gasteiger partial charge >= 0.3 is 0 Å². The highest BCUT2D eigenvalue weighted by atomic mass is 79.9. The first-order valence-corrected chi connectivity index (χ1v) is 8.82. The van der Waals surface area contributed by atoms with Crippen LogP contribution < -0.4 is 10.5 Å². The van der Waals surface area contributed by atoms with Gasteiger partial charge in [-0.3, -0.25) is 9.69 Å². The molecule has 6 nitrogen and oxygen atoms in total. The molecule has 1 atom stereocenters. The SMILES string of the molecule is CCN1CCN(C2CCN(c3cnn(C)c(=O)c3Br)C2)CC1. The van der Waals surface area contributed by atoms with Crippen molar-refractivity contribution in [3.05, 3.63) is 21.0 Å². The lowest BCUT2D eigenvalue weighted by Gasteiger charge is -2.37. The molecule has 7 heteroatoms. The van der Waals surface area contributed by atoms with Crippen LogP contribution in [0.2, 0.25) is 0 Å². The van der Waals surface area contributed by atoms with Gasteiger partial charge in [0.2, 0.25) is 0 Å². The fourth-order valence-electron chi connectivity index (χ4n) is 3.43. The van der Waals surface area contributed by atoms with Gasteiger partial charge in [-0.2, -0.15) is 5.10 Å². The molecule has 1 aromatic rings. The molecule has 3 heterocycles. The number of piperazine rings is 1. The summed E-state index contributed by atoms with van der Waals surface area (Å²) in [5, 5.41) is 4.15. The Morgan fingerprint density at radius 1 is 1.27 bits per heavy atom. The lowest BCUT2D eigenvalue weighted by atomic mass is 10.2. The molecule has 2 fully saturated rings. The number of rotatable bonds is 3. The topological polar surface area (TPSA) is 44.6 Å². The molecule has 1 unspecified atom stereocenters. The van der Waals surface area contributed by atoms with E-state index in [-0.39, 0.29) is 5.56 Å². The summed E-state index contributed by atoms with van der Waals surface area (Å²) in [4.78, 5) is 19.4. The van der Waals surface area contributed by atoms with Gasteiger partial charge in [0.15, 0.2) is 0 Å². The van der Waals surface area contributed by atoms with Gasteiger partial charge in [0.1, 0.15) is 4.47 Å². The zero-order chi connectivity index (χ0) is 15.7. The van der Waals surface area contributed by atoms with Crippen LogP contribution >= 0.6 is 15.9 Å². The van der Waals surface area contributed by atoms with Crippen LogP contribution in [0.4, 0.5) is 5.69 Å². The fraction of sp³-hybridized carbons (Fsp3) is 0.733. The van der Waals surface area contributed by atoms with E-state index in [1.54, 1.807) is 13.2 Å². The van der Waals surface area contributed by atoms with E-state index in [0.29, 0.717) is 10.5 Å². The van der Waals surface area contributed by atoms with Crippen LogP contribution in [0.25, 0.3) is 0 Å². The molecule has 2 saturated heterocycles. The summed E-state index contributed by atoms with van der Waals surface area (Å²) < 4.78 is 1.99. The third kappa shape index (κ3) is 3.07. The van der Waals surface area contributed by atoms with Crippen molar-refractivity contribution < 1.29 is 0 Å². The second-order valence-corrected chi connectivity index (χ2v) is 6.92. The molecule has 22 heavy (non-hydrogen) atoms. The van der Waals surface area contributed by atoms with Crippen molar-refractivity contribution >= 4 is 21.6 Å². The zero-order valence-corrected chi connectivity index (χ0v) is 14.9. The number of nitrogens with zero attached hydrogens (tertiary/aromatic N) is 5. The van der Waals surface area contributed by atoms with Crippen LogP contribution in [-0.2, 0) is 7.05 Å². The third-order valence-electron chi connectivity index (χ3n) is 4.93. The van der Waals surface area contributed by atoms with Crippen molar-refractivity contribution in [2.45, 2.75) is 19.4 Å². The quantitative estimate of drug-likeness (QED) is 0.786. The molecule has 0 bridgehead atoms. The van der Waals surface area contributed by atoms with Crippen LogP contribution in [0, 0.1) is 0 Å². The van der Waals surface area contributed by atoms with E-state index in [1.165, 1.54) is 17.8 Å². The number of hydrogen-bond acceptors (Lipinski definition) is 5. The van der Waals surface area contributed by atoms with Gasteiger partial charge in [0.05, 0.1) is 11.9 Å². The van der Waals surface area contributed by atoms with Crippen LogP contribution in [0.15, 0.2) is 15.5 Å². The Morgan fingerprint density at radius 2 is 2.00 bits per heavy atom. The highest BCUT2D eigenvalue weighted by molar-refractivity contribution is 9.10. The molecule has 0 amide bonds. The van der Waals surface area contributed by atoms with E-state index in [0.717, 1.165) is 44.8 Å². The minimum absolute atomic E-state index is 0.0717. The highest BCUT2D eigenvalue weighted by Crippen LogP contribution is 2.27.